The predicted molar refractivity (Wildman–Crippen MR) is 147 cm³/mol. The molecule has 0 radical (unpaired) electrons. The third kappa shape index (κ3) is 4.15. The average Bonchev–Trinajstić information content (AvgIpc) is 3.65. The van der Waals surface area contributed by atoms with Gasteiger partial charge in [-0.3, -0.25) is 4.98 Å². The van der Waals surface area contributed by atoms with E-state index in [9.17, 15) is 10.4 Å². The number of aromatic nitrogens is 6. The molecule has 6 rings (SSSR count). The zero-order chi connectivity index (χ0) is 27.0. The van der Waals surface area contributed by atoms with E-state index in [1.165, 1.54) is 0 Å². The van der Waals surface area contributed by atoms with Gasteiger partial charge in [-0.25, -0.2) is 14.6 Å². The summed E-state index contributed by atoms with van der Waals surface area (Å²) in [4.78, 5) is 13.7. The summed E-state index contributed by atoms with van der Waals surface area (Å²) >= 11 is 0. The molecule has 0 aliphatic carbocycles. The van der Waals surface area contributed by atoms with Crippen LogP contribution in [0.4, 0.5) is 0 Å². The van der Waals surface area contributed by atoms with E-state index in [4.69, 9.17) is 4.98 Å². The molecule has 0 amide bonds. The van der Waals surface area contributed by atoms with Crippen molar-refractivity contribution in [3.05, 3.63) is 137 Å². The van der Waals surface area contributed by atoms with Gasteiger partial charge in [0.05, 0.1) is 29.3 Å². The Morgan fingerprint density at radius 3 is 2.49 bits per heavy atom. The number of rotatable bonds is 6. The van der Waals surface area contributed by atoms with Gasteiger partial charge in [-0.2, -0.15) is 10.4 Å². The standard InChI is InChI=1S/C31H25N7O/c1-21-9-10-24(18-34-21)31(39,29-19-33-20-37(29)2)23-11-12-28-25(16-23)27(17-32)26(15-22-7-4-3-5-8-22)30(36-28)38-14-6-13-35-38/h3-14,16,18-20,39H,15H2,1-2H3. The second-order valence-electron chi connectivity index (χ2n) is 9.53. The Balaban J connectivity index is 1.62. The molecular weight excluding hydrogens is 486 g/mol. The second kappa shape index (κ2) is 9.63. The molecule has 0 spiro atoms. The number of aliphatic hydroxyl groups is 1. The molecule has 6 aromatic rings. The van der Waals surface area contributed by atoms with E-state index in [1.807, 2.05) is 86.9 Å². The molecule has 4 heterocycles. The van der Waals surface area contributed by atoms with Gasteiger partial charge in [-0.05, 0) is 42.3 Å². The van der Waals surface area contributed by atoms with Crippen molar-refractivity contribution in [3.63, 3.8) is 0 Å². The third-order valence-corrected chi connectivity index (χ3v) is 7.06. The van der Waals surface area contributed by atoms with Crippen LogP contribution in [-0.4, -0.2) is 34.4 Å². The van der Waals surface area contributed by atoms with Crippen LogP contribution in [0, 0.1) is 18.3 Å². The van der Waals surface area contributed by atoms with E-state index < -0.39 is 5.60 Å². The van der Waals surface area contributed by atoms with E-state index in [0.29, 0.717) is 45.5 Å². The number of fused-ring (bicyclic) bond motifs is 1. The predicted octanol–water partition coefficient (Wildman–Crippen LogP) is 4.60. The van der Waals surface area contributed by atoms with Gasteiger partial charge in [-0.1, -0.05) is 42.5 Å². The molecule has 190 valence electrons. The van der Waals surface area contributed by atoms with Crippen molar-refractivity contribution in [2.24, 2.45) is 7.05 Å². The Kier molecular flexibility index (Phi) is 5.98. The van der Waals surface area contributed by atoms with Crippen LogP contribution in [-0.2, 0) is 19.1 Å². The molecule has 0 saturated carbocycles. The molecule has 0 aliphatic heterocycles. The zero-order valence-corrected chi connectivity index (χ0v) is 21.5. The largest absolute Gasteiger partial charge is 0.374 e. The highest BCUT2D eigenvalue weighted by atomic mass is 16.3. The molecule has 0 saturated heterocycles. The van der Waals surface area contributed by atoms with Crippen LogP contribution in [0.15, 0.2) is 97.8 Å². The van der Waals surface area contributed by atoms with Crippen molar-refractivity contribution in [2.75, 3.05) is 0 Å². The van der Waals surface area contributed by atoms with Gasteiger partial charge < -0.3 is 9.67 Å². The van der Waals surface area contributed by atoms with Gasteiger partial charge in [0.25, 0.3) is 0 Å². The lowest BCUT2D eigenvalue weighted by atomic mass is 9.83. The Morgan fingerprint density at radius 2 is 1.82 bits per heavy atom. The number of hydrogen-bond donors (Lipinski definition) is 1. The lowest BCUT2D eigenvalue weighted by Crippen LogP contribution is -2.31. The maximum Gasteiger partial charge on any atom is 0.158 e. The second-order valence-corrected chi connectivity index (χ2v) is 9.53. The van der Waals surface area contributed by atoms with Crippen LogP contribution in [0.25, 0.3) is 16.7 Å². The van der Waals surface area contributed by atoms with Crippen LogP contribution >= 0.6 is 0 Å². The SMILES string of the molecule is Cc1ccc(C(O)(c2ccc3nc(-n4cccn4)c(Cc4ccccc4)c(C#N)c3c2)c2cncn2C)cn1. The maximum absolute atomic E-state index is 12.4. The van der Waals surface area contributed by atoms with Gasteiger partial charge in [0, 0.05) is 54.3 Å². The van der Waals surface area contributed by atoms with E-state index in [2.05, 4.69) is 21.1 Å². The maximum atomic E-state index is 12.4. The highest BCUT2D eigenvalue weighted by Gasteiger charge is 2.37. The first kappa shape index (κ1) is 24.2. The van der Waals surface area contributed by atoms with Crippen LogP contribution in [0.3, 0.4) is 0 Å². The average molecular weight is 512 g/mol. The lowest BCUT2D eigenvalue weighted by Gasteiger charge is -2.30. The molecule has 1 unspecified atom stereocenters. The van der Waals surface area contributed by atoms with Crippen molar-refractivity contribution >= 4 is 10.9 Å². The number of pyridine rings is 2. The zero-order valence-electron chi connectivity index (χ0n) is 21.5. The number of hydrogen-bond acceptors (Lipinski definition) is 6. The fraction of sp³-hybridized carbons (Fsp3) is 0.129. The summed E-state index contributed by atoms with van der Waals surface area (Å²) in [5.74, 6) is 0.602. The molecule has 0 bridgehead atoms. The van der Waals surface area contributed by atoms with Crippen LogP contribution in [0.1, 0.15) is 39.2 Å². The van der Waals surface area contributed by atoms with Crippen LogP contribution in [0.2, 0.25) is 0 Å². The topological polar surface area (TPSA) is 105 Å². The number of nitriles is 1. The highest BCUT2D eigenvalue weighted by molar-refractivity contribution is 5.88. The van der Waals surface area contributed by atoms with Gasteiger partial charge in [0.15, 0.2) is 11.4 Å². The summed E-state index contributed by atoms with van der Waals surface area (Å²) in [6.45, 7) is 1.90. The molecule has 4 aromatic heterocycles. The van der Waals surface area contributed by atoms with E-state index in [-0.39, 0.29) is 0 Å². The van der Waals surface area contributed by atoms with Crippen molar-refractivity contribution in [1.29, 1.82) is 5.26 Å². The molecular formula is C31H25N7O. The van der Waals surface area contributed by atoms with Gasteiger partial charge in [-0.15, -0.1) is 0 Å². The van der Waals surface area contributed by atoms with Crippen molar-refractivity contribution < 1.29 is 5.11 Å². The van der Waals surface area contributed by atoms with Crippen molar-refractivity contribution in [3.8, 4) is 11.9 Å². The lowest BCUT2D eigenvalue weighted by molar-refractivity contribution is 0.117. The summed E-state index contributed by atoms with van der Waals surface area (Å²) in [5, 5.41) is 27.9. The smallest absolute Gasteiger partial charge is 0.158 e. The van der Waals surface area contributed by atoms with Gasteiger partial charge >= 0.3 is 0 Å². The molecule has 2 aromatic carbocycles. The van der Waals surface area contributed by atoms with Gasteiger partial charge in [0.1, 0.15) is 6.07 Å². The van der Waals surface area contributed by atoms with Crippen LogP contribution in [0.5, 0.6) is 0 Å². The number of aryl methyl sites for hydroxylation is 2. The molecule has 1 atom stereocenters. The fourth-order valence-corrected chi connectivity index (χ4v) is 5.04. The molecule has 1 N–H and O–H groups in total. The summed E-state index contributed by atoms with van der Waals surface area (Å²) in [6.07, 6.45) is 8.99. The molecule has 0 aliphatic rings. The van der Waals surface area contributed by atoms with Crippen molar-refractivity contribution in [2.45, 2.75) is 18.9 Å². The third-order valence-electron chi connectivity index (χ3n) is 7.06. The van der Waals surface area contributed by atoms with Crippen molar-refractivity contribution in [1.82, 2.24) is 29.3 Å². The molecule has 0 fully saturated rings. The van der Waals surface area contributed by atoms with E-state index in [0.717, 1.165) is 16.8 Å². The number of benzene rings is 2. The first-order valence-electron chi connectivity index (χ1n) is 12.5. The quantitative estimate of drug-likeness (QED) is 0.350. The minimum absolute atomic E-state index is 0.491. The molecule has 39 heavy (non-hydrogen) atoms. The Bertz CT molecular complexity index is 1820. The van der Waals surface area contributed by atoms with Gasteiger partial charge in [0.2, 0.25) is 0 Å². The van der Waals surface area contributed by atoms with E-state index >= 15 is 0 Å². The Morgan fingerprint density at radius 1 is 1.00 bits per heavy atom. The summed E-state index contributed by atoms with van der Waals surface area (Å²) < 4.78 is 3.48. The fourth-order valence-electron chi connectivity index (χ4n) is 5.04. The molecule has 8 heteroatoms. The Labute approximate surface area is 225 Å². The minimum atomic E-state index is -1.56. The monoisotopic (exact) mass is 511 g/mol. The summed E-state index contributed by atoms with van der Waals surface area (Å²) in [5.41, 5.74) is 3.98. The summed E-state index contributed by atoms with van der Waals surface area (Å²) in [7, 11) is 1.84. The van der Waals surface area contributed by atoms with Crippen LogP contribution < -0.4 is 0 Å². The number of imidazole rings is 1. The highest BCUT2D eigenvalue weighted by Crippen LogP contribution is 2.38. The Hall–Kier alpha value is -5.13. The number of nitrogens with zero attached hydrogens (tertiary/aromatic N) is 7. The first-order chi connectivity index (χ1) is 19.0. The molecule has 8 nitrogen and oxygen atoms in total. The first-order valence-corrected chi connectivity index (χ1v) is 12.5. The minimum Gasteiger partial charge on any atom is -0.374 e. The van der Waals surface area contributed by atoms with E-state index in [1.54, 1.807) is 34.2 Å². The normalized spacial score (nSPS) is 12.8. The summed E-state index contributed by atoms with van der Waals surface area (Å²) in [6, 6.07) is 23.5.